The Morgan fingerprint density at radius 1 is 1.44 bits per heavy atom. The lowest BCUT2D eigenvalue weighted by Gasteiger charge is -2.14. The Morgan fingerprint density at radius 3 is 2.72 bits per heavy atom. The standard InChI is InChI=1S/C13H24N4O/c1-4-11(5-2)15-13(18)10-14-8-6-12-7-9-17(3)16-12/h7,9,11,14H,4-6,8,10H2,1-3H3,(H,15,18). The van der Waals surface area contributed by atoms with Crippen LogP contribution in [0.3, 0.4) is 0 Å². The monoisotopic (exact) mass is 252 g/mol. The van der Waals surface area contributed by atoms with E-state index in [1.807, 2.05) is 19.3 Å². The highest BCUT2D eigenvalue weighted by molar-refractivity contribution is 5.78. The molecular formula is C13H24N4O. The van der Waals surface area contributed by atoms with E-state index in [1.165, 1.54) is 0 Å². The van der Waals surface area contributed by atoms with Crippen molar-refractivity contribution in [3.8, 4) is 0 Å². The van der Waals surface area contributed by atoms with Gasteiger partial charge in [0.1, 0.15) is 0 Å². The van der Waals surface area contributed by atoms with Gasteiger partial charge in [-0.2, -0.15) is 5.10 Å². The van der Waals surface area contributed by atoms with Crippen LogP contribution >= 0.6 is 0 Å². The third kappa shape index (κ3) is 5.31. The molecule has 0 saturated heterocycles. The molecule has 1 heterocycles. The van der Waals surface area contributed by atoms with Gasteiger partial charge in [0.15, 0.2) is 0 Å². The Bertz CT molecular complexity index is 358. The van der Waals surface area contributed by atoms with E-state index < -0.39 is 0 Å². The summed E-state index contributed by atoms with van der Waals surface area (Å²) in [6, 6.07) is 2.29. The van der Waals surface area contributed by atoms with Crippen LogP contribution in [-0.4, -0.2) is 34.8 Å². The van der Waals surface area contributed by atoms with Gasteiger partial charge in [-0.3, -0.25) is 9.48 Å². The maximum Gasteiger partial charge on any atom is 0.234 e. The van der Waals surface area contributed by atoms with Gasteiger partial charge in [-0.05, 0) is 18.9 Å². The topological polar surface area (TPSA) is 59.0 Å². The van der Waals surface area contributed by atoms with Crippen LogP contribution in [-0.2, 0) is 18.3 Å². The predicted octanol–water partition coefficient (Wildman–Crippen LogP) is 0.857. The highest BCUT2D eigenvalue weighted by Gasteiger charge is 2.07. The minimum Gasteiger partial charge on any atom is -0.352 e. The average Bonchev–Trinajstić information content (AvgIpc) is 2.77. The first-order chi connectivity index (χ1) is 8.65. The zero-order valence-electron chi connectivity index (χ0n) is 11.6. The number of carbonyl (C=O) groups excluding carboxylic acids is 1. The molecule has 0 saturated carbocycles. The van der Waals surface area contributed by atoms with Crippen LogP contribution in [0.4, 0.5) is 0 Å². The van der Waals surface area contributed by atoms with Gasteiger partial charge in [-0.1, -0.05) is 13.8 Å². The first-order valence-corrected chi connectivity index (χ1v) is 6.64. The Balaban J connectivity index is 2.12. The van der Waals surface area contributed by atoms with Crippen LogP contribution in [0.5, 0.6) is 0 Å². The summed E-state index contributed by atoms with van der Waals surface area (Å²) in [6.45, 7) is 5.32. The first kappa shape index (κ1) is 14.7. The molecule has 0 aromatic carbocycles. The van der Waals surface area contributed by atoms with E-state index in [4.69, 9.17) is 0 Å². The summed E-state index contributed by atoms with van der Waals surface area (Å²) in [5.41, 5.74) is 1.05. The van der Waals surface area contributed by atoms with Gasteiger partial charge in [0.05, 0.1) is 12.2 Å². The summed E-state index contributed by atoms with van der Waals surface area (Å²) in [4.78, 5) is 11.6. The molecule has 0 aliphatic heterocycles. The molecule has 0 aliphatic rings. The largest absolute Gasteiger partial charge is 0.352 e. The average molecular weight is 252 g/mol. The van der Waals surface area contributed by atoms with Crippen molar-refractivity contribution in [3.05, 3.63) is 18.0 Å². The maximum absolute atomic E-state index is 11.6. The molecule has 0 unspecified atom stereocenters. The highest BCUT2D eigenvalue weighted by atomic mass is 16.1. The zero-order valence-corrected chi connectivity index (χ0v) is 11.6. The summed E-state index contributed by atoms with van der Waals surface area (Å²) >= 11 is 0. The number of hydrogen-bond acceptors (Lipinski definition) is 3. The fourth-order valence-electron chi connectivity index (χ4n) is 1.79. The normalized spacial score (nSPS) is 10.9. The summed E-state index contributed by atoms with van der Waals surface area (Å²) in [7, 11) is 1.90. The molecule has 0 atom stereocenters. The smallest absolute Gasteiger partial charge is 0.234 e. The third-order valence-electron chi connectivity index (χ3n) is 2.96. The van der Waals surface area contributed by atoms with E-state index in [-0.39, 0.29) is 5.91 Å². The van der Waals surface area contributed by atoms with Gasteiger partial charge in [0.2, 0.25) is 5.91 Å². The summed E-state index contributed by atoms with van der Waals surface area (Å²) in [5, 5.41) is 10.4. The molecule has 102 valence electrons. The molecule has 1 aromatic heterocycles. The molecule has 5 heteroatoms. The number of nitrogens with zero attached hydrogens (tertiary/aromatic N) is 2. The molecule has 0 radical (unpaired) electrons. The summed E-state index contributed by atoms with van der Waals surface area (Å²) < 4.78 is 1.79. The van der Waals surface area contributed by atoms with Crippen molar-refractivity contribution in [1.29, 1.82) is 0 Å². The van der Waals surface area contributed by atoms with Crippen LogP contribution in [0.15, 0.2) is 12.3 Å². The van der Waals surface area contributed by atoms with Gasteiger partial charge < -0.3 is 10.6 Å². The van der Waals surface area contributed by atoms with Crippen molar-refractivity contribution in [2.24, 2.45) is 7.05 Å². The molecule has 18 heavy (non-hydrogen) atoms. The molecule has 0 fully saturated rings. The molecule has 0 bridgehead atoms. The van der Waals surface area contributed by atoms with Crippen LogP contribution < -0.4 is 10.6 Å². The first-order valence-electron chi connectivity index (χ1n) is 6.64. The Morgan fingerprint density at radius 2 is 2.17 bits per heavy atom. The molecule has 0 spiro atoms. The lowest BCUT2D eigenvalue weighted by molar-refractivity contribution is -0.121. The molecule has 0 aliphatic carbocycles. The number of nitrogens with one attached hydrogen (secondary N) is 2. The van der Waals surface area contributed by atoms with Crippen molar-refractivity contribution in [1.82, 2.24) is 20.4 Å². The van der Waals surface area contributed by atoms with E-state index in [0.717, 1.165) is 31.5 Å². The SMILES string of the molecule is CCC(CC)NC(=O)CNCCc1ccn(C)n1. The van der Waals surface area contributed by atoms with Crippen molar-refractivity contribution < 1.29 is 4.79 Å². The number of aryl methyl sites for hydroxylation is 1. The highest BCUT2D eigenvalue weighted by Crippen LogP contribution is 1.95. The molecule has 1 amide bonds. The number of aromatic nitrogens is 2. The molecular weight excluding hydrogens is 228 g/mol. The molecule has 5 nitrogen and oxygen atoms in total. The van der Waals surface area contributed by atoms with Gasteiger partial charge >= 0.3 is 0 Å². The lowest BCUT2D eigenvalue weighted by atomic mass is 10.2. The number of hydrogen-bond donors (Lipinski definition) is 2. The van der Waals surface area contributed by atoms with E-state index in [1.54, 1.807) is 4.68 Å². The van der Waals surface area contributed by atoms with Crippen LogP contribution in [0.2, 0.25) is 0 Å². The Hall–Kier alpha value is -1.36. The van der Waals surface area contributed by atoms with Gasteiger partial charge in [0, 0.05) is 32.3 Å². The molecule has 1 rings (SSSR count). The molecule has 1 aromatic rings. The van der Waals surface area contributed by atoms with E-state index in [9.17, 15) is 4.79 Å². The minimum absolute atomic E-state index is 0.0738. The number of rotatable bonds is 8. The van der Waals surface area contributed by atoms with Crippen LogP contribution in [0, 0.1) is 0 Å². The van der Waals surface area contributed by atoms with Crippen molar-refractivity contribution in [3.63, 3.8) is 0 Å². The van der Waals surface area contributed by atoms with Gasteiger partial charge in [-0.25, -0.2) is 0 Å². The zero-order chi connectivity index (χ0) is 13.4. The fourth-order valence-corrected chi connectivity index (χ4v) is 1.79. The fraction of sp³-hybridized carbons (Fsp3) is 0.692. The third-order valence-corrected chi connectivity index (χ3v) is 2.96. The second-order valence-corrected chi connectivity index (χ2v) is 4.49. The second kappa shape index (κ2) is 7.87. The van der Waals surface area contributed by atoms with Gasteiger partial charge in [0.25, 0.3) is 0 Å². The van der Waals surface area contributed by atoms with E-state index in [2.05, 4.69) is 29.6 Å². The van der Waals surface area contributed by atoms with Crippen molar-refractivity contribution in [2.75, 3.05) is 13.1 Å². The number of amides is 1. The maximum atomic E-state index is 11.6. The Labute approximate surface area is 109 Å². The summed E-state index contributed by atoms with van der Waals surface area (Å²) in [5.74, 6) is 0.0738. The van der Waals surface area contributed by atoms with Crippen molar-refractivity contribution >= 4 is 5.91 Å². The van der Waals surface area contributed by atoms with Crippen molar-refractivity contribution in [2.45, 2.75) is 39.2 Å². The van der Waals surface area contributed by atoms with E-state index in [0.29, 0.717) is 12.6 Å². The predicted molar refractivity (Wildman–Crippen MR) is 72.3 cm³/mol. The molecule has 2 N–H and O–H groups in total. The minimum atomic E-state index is 0.0738. The van der Waals surface area contributed by atoms with Crippen LogP contribution in [0.1, 0.15) is 32.4 Å². The quantitative estimate of drug-likeness (QED) is 0.675. The summed E-state index contributed by atoms with van der Waals surface area (Å²) in [6.07, 6.45) is 4.74. The lowest BCUT2D eigenvalue weighted by Crippen LogP contribution is -2.40. The number of carbonyl (C=O) groups is 1. The second-order valence-electron chi connectivity index (χ2n) is 4.49. The van der Waals surface area contributed by atoms with Gasteiger partial charge in [-0.15, -0.1) is 0 Å². The van der Waals surface area contributed by atoms with Crippen LogP contribution in [0.25, 0.3) is 0 Å². The Kier molecular flexibility index (Phi) is 6.43. The van der Waals surface area contributed by atoms with E-state index >= 15 is 0 Å².